The van der Waals surface area contributed by atoms with Crippen LogP contribution < -0.4 is 9.47 Å². The first-order valence-electron chi connectivity index (χ1n) is 8.86. The summed E-state index contributed by atoms with van der Waals surface area (Å²) in [6.45, 7) is 0.334. The molecule has 148 valence electrons. The first kappa shape index (κ1) is 19.1. The molecule has 0 atom stereocenters. The molecule has 29 heavy (non-hydrogen) atoms. The summed E-state index contributed by atoms with van der Waals surface area (Å²) < 4.78 is 26.4. The molecule has 0 aliphatic rings. The number of methoxy groups -OCH3 is 2. The van der Waals surface area contributed by atoms with Crippen LogP contribution in [0, 0.1) is 5.82 Å². The second kappa shape index (κ2) is 7.64. The van der Waals surface area contributed by atoms with Crippen LogP contribution in [0.4, 0.5) is 4.39 Å². The van der Waals surface area contributed by atoms with Gasteiger partial charge in [0.15, 0.2) is 0 Å². The molecule has 0 aliphatic carbocycles. The number of ether oxygens (including phenoxy) is 2. The third kappa shape index (κ3) is 3.47. The summed E-state index contributed by atoms with van der Waals surface area (Å²) in [5, 5.41) is 11.4. The molecular weight excluding hydrogens is 395 g/mol. The van der Waals surface area contributed by atoms with E-state index in [4.69, 9.17) is 21.1 Å². The summed E-state index contributed by atoms with van der Waals surface area (Å²) in [6, 6.07) is 13.4. The van der Waals surface area contributed by atoms with Gasteiger partial charge in [0.2, 0.25) is 5.88 Å². The molecule has 0 bridgehead atoms. The van der Waals surface area contributed by atoms with Crippen LogP contribution in [0.1, 0.15) is 5.56 Å². The van der Waals surface area contributed by atoms with Crippen molar-refractivity contribution in [3.63, 3.8) is 0 Å². The average molecular weight is 413 g/mol. The van der Waals surface area contributed by atoms with E-state index in [1.165, 1.54) is 6.07 Å². The molecule has 0 spiro atoms. The molecule has 0 aliphatic heterocycles. The third-order valence-electron chi connectivity index (χ3n) is 4.76. The molecule has 0 saturated carbocycles. The maximum absolute atomic E-state index is 14.2. The average Bonchev–Trinajstić information content (AvgIpc) is 3.04. The maximum Gasteiger partial charge on any atom is 0.202 e. The first-order chi connectivity index (χ1) is 14.0. The molecule has 0 unspecified atom stereocenters. The minimum atomic E-state index is -0.387. The number of fused-ring (bicyclic) bond motifs is 1. The Morgan fingerprint density at radius 2 is 1.90 bits per heavy atom. The molecule has 7 heteroatoms. The zero-order chi connectivity index (χ0) is 20.5. The quantitative estimate of drug-likeness (QED) is 0.485. The van der Waals surface area contributed by atoms with Crippen molar-refractivity contribution in [1.29, 1.82) is 0 Å². The Kier molecular flexibility index (Phi) is 5.03. The van der Waals surface area contributed by atoms with E-state index in [0.29, 0.717) is 45.2 Å². The fourth-order valence-electron chi connectivity index (χ4n) is 3.29. The van der Waals surface area contributed by atoms with Crippen LogP contribution in [-0.4, -0.2) is 28.9 Å². The Morgan fingerprint density at radius 1 is 1.10 bits per heavy atom. The Labute approximate surface area is 171 Å². The normalized spacial score (nSPS) is 11.0. The Hall–Kier alpha value is -3.25. The molecule has 2 aromatic carbocycles. The van der Waals surface area contributed by atoms with Crippen molar-refractivity contribution in [1.82, 2.24) is 9.55 Å². The number of pyridine rings is 1. The SMILES string of the molecule is COc1ccc(Cn2cc3nc(-c4ccccc4F)cc(Cl)c3c2O)c(OC)c1. The topological polar surface area (TPSA) is 56.5 Å². The highest BCUT2D eigenvalue weighted by Gasteiger charge is 2.17. The summed E-state index contributed by atoms with van der Waals surface area (Å²) in [5.41, 5.74) is 2.07. The monoisotopic (exact) mass is 412 g/mol. The van der Waals surface area contributed by atoms with Gasteiger partial charge in [-0.05, 0) is 30.3 Å². The van der Waals surface area contributed by atoms with Gasteiger partial charge in [0.25, 0.3) is 0 Å². The van der Waals surface area contributed by atoms with Crippen molar-refractivity contribution in [3.05, 3.63) is 71.1 Å². The summed E-state index contributed by atoms with van der Waals surface area (Å²) in [4.78, 5) is 4.50. The van der Waals surface area contributed by atoms with Crippen molar-refractivity contribution >= 4 is 22.5 Å². The number of hydrogen-bond donors (Lipinski definition) is 1. The molecule has 2 heterocycles. The standard InChI is InChI=1S/C22H18ClFN2O3/c1-28-14-8-7-13(20(9-14)29-2)11-26-12-19-21(22(26)27)16(23)10-18(25-19)15-5-3-4-6-17(15)24/h3-10,12,27H,11H2,1-2H3. The summed E-state index contributed by atoms with van der Waals surface area (Å²) in [6.07, 6.45) is 1.69. The van der Waals surface area contributed by atoms with Crippen LogP contribution in [0.15, 0.2) is 54.7 Å². The van der Waals surface area contributed by atoms with Crippen molar-refractivity contribution < 1.29 is 19.0 Å². The van der Waals surface area contributed by atoms with E-state index in [-0.39, 0.29) is 11.7 Å². The fraction of sp³-hybridized carbons (Fsp3) is 0.136. The lowest BCUT2D eigenvalue weighted by Gasteiger charge is -2.11. The number of aromatic nitrogens is 2. The smallest absolute Gasteiger partial charge is 0.202 e. The number of aromatic hydroxyl groups is 1. The molecule has 0 radical (unpaired) electrons. The maximum atomic E-state index is 14.2. The van der Waals surface area contributed by atoms with Gasteiger partial charge in [-0.3, -0.25) is 0 Å². The fourth-order valence-corrected chi connectivity index (χ4v) is 3.58. The van der Waals surface area contributed by atoms with Crippen molar-refractivity contribution in [2.45, 2.75) is 6.54 Å². The van der Waals surface area contributed by atoms with Gasteiger partial charge < -0.3 is 19.1 Å². The predicted octanol–water partition coefficient (Wildman–Crippen LogP) is 5.27. The van der Waals surface area contributed by atoms with E-state index in [1.54, 1.807) is 55.3 Å². The lowest BCUT2D eigenvalue weighted by molar-refractivity contribution is 0.387. The highest BCUT2D eigenvalue weighted by Crippen LogP contribution is 2.37. The molecular formula is C22H18ClFN2O3. The Balaban J connectivity index is 1.79. The number of halogens is 2. The minimum absolute atomic E-state index is 0.0181. The van der Waals surface area contributed by atoms with E-state index >= 15 is 0 Å². The summed E-state index contributed by atoms with van der Waals surface area (Å²) in [5.74, 6) is 0.900. The van der Waals surface area contributed by atoms with Crippen molar-refractivity contribution in [3.8, 4) is 28.6 Å². The molecule has 0 amide bonds. The van der Waals surface area contributed by atoms with E-state index in [0.717, 1.165) is 5.56 Å². The van der Waals surface area contributed by atoms with Gasteiger partial charge in [0.05, 0.1) is 42.4 Å². The number of rotatable bonds is 5. The highest BCUT2D eigenvalue weighted by atomic mass is 35.5. The third-order valence-corrected chi connectivity index (χ3v) is 5.06. The largest absolute Gasteiger partial charge is 0.497 e. The Morgan fingerprint density at radius 3 is 2.62 bits per heavy atom. The number of hydrogen-bond acceptors (Lipinski definition) is 4. The van der Waals surface area contributed by atoms with Crippen molar-refractivity contribution in [2.24, 2.45) is 0 Å². The van der Waals surface area contributed by atoms with Crippen LogP contribution in [0.3, 0.4) is 0 Å². The van der Waals surface area contributed by atoms with Gasteiger partial charge in [0, 0.05) is 23.4 Å². The van der Waals surface area contributed by atoms with Crippen LogP contribution >= 0.6 is 11.6 Å². The van der Waals surface area contributed by atoms with Gasteiger partial charge in [0.1, 0.15) is 17.3 Å². The van der Waals surface area contributed by atoms with Crippen LogP contribution in [0.5, 0.6) is 17.4 Å². The second-order valence-corrected chi connectivity index (χ2v) is 6.89. The first-order valence-corrected chi connectivity index (χ1v) is 9.23. The molecule has 5 nitrogen and oxygen atoms in total. The molecule has 4 rings (SSSR count). The van der Waals surface area contributed by atoms with Gasteiger partial charge in [-0.25, -0.2) is 9.37 Å². The van der Waals surface area contributed by atoms with E-state index in [1.807, 2.05) is 12.1 Å². The molecule has 4 aromatic rings. The molecule has 1 N–H and O–H groups in total. The minimum Gasteiger partial charge on any atom is -0.497 e. The molecule has 0 saturated heterocycles. The predicted molar refractivity (Wildman–Crippen MR) is 110 cm³/mol. The van der Waals surface area contributed by atoms with Gasteiger partial charge in [-0.15, -0.1) is 0 Å². The lowest BCUT2D eigenvalue weighted by Crippen LogP contribution is -2.00. The van der Waals surface area contributed by atoms with E-state index in [2.05, 4.69) is 4.98 Å². The number of benzene rings is 2. The Bertz CT molecular complexity index is 1210. The van der Waals surface area contributed by atoms with Gasteiger partial charge >= 0.3 is 0 Å². The zero-order valence-corrected chi connectivity index (χ0v) is 16.6. The highest BCUT2D eigenvalue weighted by molar-refractivity contribution is 6.36. The van der Waals surface area contributed by atoms with Crippen LogP contribution in [0.25, 0.3) is 22.2 Å². The van der Waals surface area contributed by atoms with Crippen LogP contribution in [-0.2, 0) is 6.54 Å². The second-order valence-electron chi connectivity index (χ2n) is 6.49. The van der Waals surface area contributed by atoms with Gasteiger partial charge in [-0.1, -0.05) is 23.7 Å². The van der Waals surface area contributed by atoms with Crippen LogP contribution in [0.2, 0.25) is 5.02 Å². The van der Waals surface area contributed by atoms with E-state index < -0.39 is 0 Å². The number of nitrogens with zero attached hydrogens (tertiary/aromatic N) is 2. The zero-order valence-electron chi connectivity index (χ0n) is 15.8. The summed E-state index contributed by atoms with van der Waals surface area (Å²) in [7, 11) is 3.16. The van der Waals surface area contributed by atoms with Crippen molar-refractivity contribution in [2.75, 3.05) is 14.2 Å². The molecule has 0 fully saturated rings. The summed E-state index contributed by atoms with van der Waals surface area (Å²) >= 11 is 6.41. The lowest BCUT2D eigenvalue weighted by atomic mass is 10.1. The van der Waals surface area contributed by atoms with Gasteiger partial charge in [-0.2, -0.15) is 0 Å². The van der Waals surface area contributed by atoms with E-state index in [9.17, 15) is 9.50 Å². The molecule has 2 aromatic heterocycles.